The first-order chi connectivity index (χ1) is 14.0. The first kappa shape index (κ1) is 20.6. The van der Waals surface area contributed by atoms with Gasteiger partial charge in [0.15, 0.2) is 0 Å². The van der Waals surface area contributed by atoms with Gasteiger partial charge in [-0.15, -0.1) is 0 Å². The van der Waals surface area contributed by atoms with E-state index in [1.54, 1.807) is 29.2 Å². The Bertz CT molecular complexity index is 865. The molecule has 2 unspecified atom stereocenters. The van der Waals surface area contributed by atoms with Gasteiger partial charge in [0.05, 0.1) is 5.92 Å². The monoisotopic (exact) mass is 393 g/mol. The van der Waals surface area contributed by atoms with Crippen molar-refractivity contribution in [3.05, 3.63) is 60.2 Å². The van der Waals surface area contributed by atoms with Gasteiger partial charge in [0.25, 0.3) is 5.91 Å². The quantitative estimate of drug-likeness (QED) is 0.754. The first-order valence-corrected chi connectivity index (χ1v) is 10.0. The van der Waals surface area contributed by atoms with Crippen LogP contribution in [0.4, 0.5) is 11.4 Å². The summed E-state index contributed by atoms with van der Waals surface area (Å²) in [6.45, 7) is 4.43. The van der Waals surface area contributed by atoms with Gasteiger partial charge in [-0.25, -0.2) is 0 Å². The minimum atomic E-state index is -0.402. The third-order valence-electron chi connectivity index (χ3n) is 5.08. The van der Waals surface area contributed by atoms with Gasteiger partial charge in [0.2, 0.25) is 11.8 Å². The molecule has 1 saturated heterocycles. The molecule has 0 radical (unpaired) electrons. The SMILES string of the molecule is CCCC(C)NC(=O)c1ccc(NC(=O)C2CC(=O)N(c3ccccc3)C2)cc1. The number of rotatable bonds is 7. The molecule has 2 aromatic carbocycles. The summed E-state index contributed by atoms with van der Waals surface area (Å²) < 4.78 is 0. The van der Waals surface area contributed by atoms with Crippen LogP contribution in [0.1, 0.15) is 43.5 Å². The van der Waals surface area contributed by atoms with Crippen molar-refractivity contribution in [1.82, 2.24) is 5.32 Å². The van der Waals surface area contributed by atoms with Crippen LogP contribution in [0.15, 0.2) is 54.6 Å². The van der Waals surface area contributed by atoms with E-state index in [2.05, 4.69) is 17.6 Å². The van der Waals surface area contributed by atoms with E-state index in [0.717, 1.165) is 18.5 Å². The molecule has 29 heavy (non-hydrogen) atoms. The fourth-order valence-electron chi connectivity index (χ4n) is 3.50. The van der Waals surface area contributed by atoms with E-state index < -0.39 is 5.92 Å². The maximum atomic E-state index is 12.6. The molecule has 6 nitrogen and oxygen atoms in total. The van der Waals surface area contributed by atoms with Gasteiger partial charge in [0, 0.05) is 35.9 Å². The largest absolute Gasteiger partial charge is 0.350 e. The molecule has 6 heteroatoms. The van der Waals surface area contributed by atoms with E-state index in [4.69, 9.17) is 0 Å². The lowest BCUT2D eigenvalue weighted by Gasteiger charge is -2.16. The minimum Gasteiger partial charge on any atom is -0.350 e. The maximum Gasteiger partial charge on any atom is 0.251 e. The number of nitrogens with zero attached hydrogens (tertiary/aromatic N) is 1. The van der Waals surface area contributed by atoms with Crippen LogP contribution >= 0.6 is 0 Å². The van der Waals surface area contributed by atoms with E-state index in [9.17, 15) is 14.4 Å². The number of nitrogens with one attached hydrogen (secondary N) is 2. The third-order valence-corrected chi connectivity index (χ3v) is 5.08. The lowest BCUT2D eigenvalue weighted by atomic mass is 10.1. The molecule has 1 aliphatic heterocycles. The molecule has 1 aliphatic rings. The predicted octanol–water partition coefficient (Wildman–Crippen LogP) is 3.60. The van der Waals surface area contributed by atoms with Crippen molar-refractivity contribution in [2.24, 2.45) is 5.92 Å². The Kier molecular flexibility index (Phi) is 6.65. The van der Waals surface area contributed by atoms with Gasteiger partial charge >= 0.3 is 0 Å². The summed E-state index contributed by atoms with van der Waals surface area (Å²) in [5, 5.41) is 5.81. The summed E-state index contributed by atoms with van der Waals surface area (Å²) in [6, 6.07) is 16.3. The number of carbonyl (C=O) groups excluding carboxylic acids is 3. The number of para-hydroxylation sites is 1. The van der Waals surface area contributed by atoms with E-state index in [-0.39, 0.29) is 30.2 Å². The standard InChI is InChI=1S/C23H27N3O3/c1-3-7-16(2)24-22(28)17-10-12-19(13-11-17)25-23(29)18-14-21(27)26(15-18)20-8-5-4-6-9-20/h4-6,8-13,16,18H,3,7,14-15H2,1-2H3,(H,24,28)(H,25,29). The summed E-state index contributed by atoms with van der Waals surface area (Å²) in [5.74, 6) is -0.764. The van der Waals surface area contributed by atoms with E-state index in [1.807, 2.05) is 37.3 Å². The van der Waals surface area contributed by atoms with Crippen molar-refractivity contribution in [3.63, 3.8) is 0 Å². The summed E-state index contributed by atoms with van der Waals surface area (Å²) in [5.41, 5.74) is 1.97. The summed E-state index contributed by atoms with van der Waals surface area (Å²) >= 11 is 0. The number of hydrogen-bond donors (Lipinski definition) is 2. The van der Waals surface area contributed by atoms with Crippen molar-refractivity contribution >= 4 is 29.1 Å². The van der Waals surface area contributed by atoms with Gasteiger partial charge in [0.1, 0.15) is 0 Å². The lowest BCUT2D eigenvalue weighted by Crippen LogP contribution is -2.32. The maximum absolute atomic E-state index is 12.6. The number of benzene rings is 2. The van der Waals surface area contributed by atoms with Crippen LogP contribution in [0, 0.1) is 5.92 Å². The van der Waals surface area contributed by atoms with E-state index in [0.29, 0.717) is 17.8 Å². The van der Waals surface area contributed by atoms with E-state index in [1.165, 1.54) is 0 Å². The van der Waals surface area contributed by atoms with Crippen molar-refractivity contribution in [3.8, 4) is 0 Å². The van der Waals surface area contributed by atoms with Crippen LogP contribution < -0.4 is 15.5 Å². The molecule has 152 valence electrons. The van der Waals surface area contributed by atoms with Crippen LogP contribution in [-0.4, -0.2) is 30.3 Å². The molecular weight excluding hydrogens is 366 g/mol. The Balaban J connectivity index is 1.57. The van der Waals surface area contributed by atoms with Crippen LogP contribution in [-0.2, 0) is 9.59 Å². The van der Waals surface area contributed by atoms with Crippen LogP contribution in [0.2, 0.25) is 0 Å². The molecule has 0 aromatic heterocycles. The summed E-state index contributed by atoms with van der Waals surface area (Å²) in [7, 11) is 0. The molecule has 0 aliphatic carbocycles. The summed E-state index contributed by atoms with van der Waals surface area (Å²) in [4.78, 5) is 38.8. The molecule has 2 N–H and O–H groups in total. The highest BCUT2D eigenvalue weighted by molar-refractivity contribution is 6.03. The second-order valence-electron chi connectivity index (χ2n) is 7.47. The molecule has 3 rings (SSSR count). The second-order valence-corrected chi connectivity index (χ2v) is 7.47. The highest BCUT2D eigenvalue weighted by Crippen LogP contribution is 2.25. The van der Waals surface area contributed by atoms with Crippen molar-refractivity contribution < 1.29 is 14.4 Å². The Morgan fingerprint density at radius 1 is 1.10 bits per heavy atom. The highest BCUT2D eigenvalue weighted by atomic mass is 16.2. The van der Waals surface area contributed by atoms with Gasteiger partial charge in [-0.05, 0) is 49.7 Å². The Morgan fingerprint density at radius 3 is 2.45 bits per heavy atom. The summed E-state index contributed by atoms with van der Waals surface area (Å²) in [6.07, 6.45) is 2.13. The van der Waals surface area contributed by atoms with Gasteiger partial charge in [-0.2, -0.15) is 0 Å². The molecular formula is C23H27N3O3. The molecule has 0 bridgehead atoms. The zero-order chi connectivity index (χ0) is 20.8. The highest BCUT2D eigenvalue weighted by Gasteiger charge is 2.35. The molecule has 0 saturated carbocycles. The molecule has 1 heterocycles. The van der Waals surface area contributed by atoms with Crippen molar-refractivity contribution in [2.75, 3.05) is 16.8 Å². The predicted molar refractivity (Wildman–Crippen MR) is 114 cm³/mol. The minimum absolute atomic E-state index is 0.0513. The molecule has 2 aromatic rings. The molecule has 1 fully saturated rings. The average molecular weight is 393 g/mol. The topological polar surface area (TPSA) is 78.5 Å². The molecule has 2 atom stereocenters. The number of amides is 3. The molecule has 0 spiro atoms. The first-order valence-electron chi connectivity index (χ1n) is 10.0. The second kappa shape index (κ2) is 9.37. The number of carbonyl (C=O) groups is 3. The van der Waals surface area contributed by atoms with Crippen molar-refractivity contribution in [2.45, 2.75) is 39.2 Å². The van der Waals surface area contributed by atoms with Gasteiger partial charge in [-0.1, -0.05) is 31.5 Å². The van der Waals surface area contributed by atoms with Crippen LogP contribution in [0.3, 0.4) is 0 Å². The van der Waals surface area contributed by atoms with Crippen LogP contribution in [0.25, 0.3) is 0 Å². The average Bonchev–Trinajstić information content (AvgIpc) is 3.11. The smallest absolute Gasteiger partial charge is 0.251 e. The van der Waals surface area contributed by atoms with E-state index >= 15 is 0 Å². The number of hydrogen-bond acceptors (Lipinski definition) is 3. The van der Waals surface area contributed by atoms with Crippen LogP contribution in [0.5, 0.6) is 0 Å². The third kappa shape index (κ3) is 5.22. The lowest BCUT2D eigenvalue weighted by molar-refractivity contribution is -0.122. The van der Waals surface area contributed by atoms with Gasteiger partial charge < -0.3 is 15.5 Å². The number of anilines is 2. The normalized spacial score (nSPS) is 17.1. The molecule has 3 amide bonds. The zero-order valence-corrected chi connectivity index (χ0v) is 16.9. The Morgan fingerprint density at radius 2 is 1.79 bits per heavy atom. The Hall–Kier alpha value is -3.15. The van der Waals surface area contributed by atoms with Gasteiger partial charge in [-0.3, -0.25) is 14.4 Å². The van der Waals surface area contributed by atoms with Crippen molar-refractivity contribution in [1.29, 1.82) is 0 Å². The zero-order valence-electron chi connectivity index (χ0n) is 16.9. The Labute approximate surface area is 171 Å². The fraction of sp³-hybridized carbons (Fsp3) is 0.348. The fourth-order valence-corrected chi connectivity index (χ4v) is 3.50.